The fraction of sp³-hybridized carbons (Fsp3) is 0.105. The van der Waals surface area contributed by atoms with Crippen LogP contribution in [0, 0.1) is 0 Å². The molecule has 0 spiro atoms. The van der Waals surface area contributed by atoms with E-state index in [-0.39, 0.29) is 36.3 Å². The zero-order chi connectivity index (χ0) is 20.9. The van der Waals surface area contributed by atoms with Crippen LogP contribution in [0.15, 0.2) is 67.9 Å². The first-order valence-electron chi connectivity index (χ1n) is 8.81. The first-order valence-corrected chi connectivity index (χ1v) is 9.69. The van der Waals surface area contributed by atoms with Crippen LogP contribution in [-0.4, -0.2) is 33.1 Å². The average Bonchev–Trinajstić information content (AvgIpc) is 3.51. The number of nitrogens with one attached hydrogen (secondary N) is 2. The Morgan fingerprint density at radius 1 is 1.10 bits per heavy atom. The summed E-state index contributed by atoms with van der Waals surface area (Å²) in [5.41, 5.74) is 0.203. The van der Waals surface area contributed by atoms with Crippen LogP contribution in [0.4, 0.5) is 6.01 Å². The molecule has 11 heteroatoms. The van der Waals surface area contributed by atoms with Gasteiger partial charge >= 0.3 is 6.01 Å². The van der Waals surface area contributed by atoms with Crippen molar-refractivity contribution in [2.75, 3.05) is 11.9 Å². The number of carbonyl (C=O) groups excluding carboxylic acids is 2. The fourth-order valence-electron chi connectivity index (χ4n) is 2.53. The maximum atomic E-state index is 12.2. The van der Waals surface area contributed by atoms with E-state index in [1.54, 1.807) is 35.7 Å². The minimum Gasteiger partial charge on any atom is -0.463 e. The van der Waals surface area contributed by atoms with Gasteiger partial charge in [0.1, 0.15) is 12.0 Å². The van der Waals surface area contributed by atoms with Gasteiger partial charge in [0.2, 0.25) is 0 Å². The molecule has 2 N–H and O–H groups in total. The van der Waals surface area contributed by atoms with Gasteiger partial charge in [-0.1, -0.05) is 6.07 Å². The highest BCUT2D eigenvalue weighted by atomic mass is 32.1. The van der Waals surface area contributed by atoms with E-state index >= 15 is 0 Å². The third-order valence-electron chi connectivity index (χ3n) is 3.95. The number of furan rings is 1. The lowest BCUT2D eigenvalue weighted by atomic mass is 10.3. The molecule has 4 heterocycles. The number of oxazole rings is 1. The van der Waals surface area contributed by atoms with Gasteiger partial charge in [0.25, 0.3) is 17.4 Å². The zero-order valence-corrected chi connectivity index (χ0v) is 16.2. The quantitative estimate of drug-likeness (QED) is 0.464. The monoisotopic (exact) mass is 425 g/mol. The number of aromatic nitrogens is 3. The predicted molar refractivity (Wildman–Crippen MR) is 107 cm³/mol. The third kappa shape index (κ3) is 4.36. The highest BCUT2D eigenvalue weighted by Gasteiger charge is 2.15. The van der Waals surface area contributed by atoms with E-state index in [1.807, 2.05) is 0 Å². The van der Waals surface area contributed by atoms with Crippen LogP contribution >= 0.6 is 11.3 Å². The fourth-order valence-corrected chi connectivity index (χ4v) is 3.15. The summed E-state index contributed by atoms with van der Waals surface area (Å²) in [4.78, 5) is 40.6. The molecule has 10 nitrogen and oxygen atoms in total. The van der Waals surface area contributed by atoms with Crippen LogP contribution in [0.25, 0.3) is 11.5 Å². The van der Waals surface area contributed by atoms with Crippen molar-refractivity contribution in [2.24, 2.45) is 0 Å². The highest BCUT2D eigenvalue weighted by Crippen LogP contribution is 2.15. The smallest absolute Gasteiger partial charge is 0.302 e. The summed E-state index contributed by atoms with van der Waals surface area (Å²) < 4.78 is 11.6. The topological polar surface area (TPSA) is 132 Å². The molecule has 0 radical (unpaired) electrons. The molecule has 30 heavy (non-hydrogen) atoms. The molecule has 0 aromatic carbocycles. The molecule has 0 atom stereocenters. The summed E-state index contributed by atoms with van der Waals surface area (Å²) in [6, 6.07) is 9.74. The minimum absolute atomic E-state index is 0.00104. The van der Waals surface area contributed by atoms with E-state index in [2.05, 4.69) is 20.7 Å². The van der Waals surface area contributed by atoms with Gasteiger partial charge in [-0.05, 0) is 29.6 Å². The number of hydrogen-bond donors (Lipinski definition) is 2. The summed E-state index contributed by atoms with van der Waals surface area (Å²) in [5.74, 6) is -0.348. The van der Waals surface area contributed by atoms with Crippen LogP contribution in [0.5, 0.6) is 0 Å². The molecule has 0 aliphatic carbocycles. The van der Waals surface area contributed by atoms with Gasteiger partial charge in [-0.25, -0.2) is 4.68 Å². The highest BCUT2D eigenvalue weighted by molar-refractivity contribution is 7.12. The minimum atomic E-state index is -0.509. The van der Waals surface area contributed by atoms with Gasteiger partial charge in [0, 0.05) is 12.6 Å². The molecule has 0 saturated heterocycles. The van der Waals surface area contributed by atoms with Crippen molar-refractivity contribution in [3.05, 3.63) is 75.2 Å². The summed E-state index contributed by atoms with van der Waals surface area (Å²) in [6.45, 7) is 0.288. The standard InChI is InChI=1S/C19H15N5O5S/c25-16-6-5-12(14-3-1-9-28-14)23-24(16)8-7-20-17(26)13-11-29-19(21-13)22-18(27)15-4-2-10-30-15/h1-6,9-11H,7-8H2,(H,20,26)(H,21,22,27). The van der Waals surface area contributed by atoms with E-state index in [0.717, 1.165) is 6.26 Å². The Bertz CT molecular complexity index is 1210. The Morgan fingerprint density at radius 3 is 2.77 bits per heavy atom. The summed E-state index contributed by atoms with van der Waals surface area (Å²) in [6.07, 6.45) is 2.66. The van der Waals surface area contributed by atoms with Crippen molar-refractivity contribution < 1.29 is 18.4 Å². The second kappa shape index (κ2) is 8.57. The van der Waals surface area contributed by atoms with Gasteiger partial charge in [0.15, 0.2) is 11.5 Å². The number of anilines is 1. The van der Waals surface area contributed by atoms with Gasteiger partial charge in [0.05, 0.1) is 17.7 Å². The Labute approximate surface area is 173 Å². The first-order chi connectivity index (χ1) is 14.6. The Hall–Kier alpha value is -3.99. The van der Waals surface area contributed by atoms with E-state index in [1.165, 1.54) is 28.3 Å². The molecule has 152 valence electrons. The van der Waals surface area contributed by atoms with Crippen LogP contribution in [0.1, 0.15) is 20.2 Å². The van der Waals surface area contributed by atoms with Crippen LogP contribution in [0.2, 0.25) is 0 Å². The van der Waals surface area contributed by atoms with Crippen molar-refractivity contribution in [3.8, 4) is 11.5 Å². The number of carbonyl (C=O) groups is 2. The Balaban J connectivity index is 1.33. The summed E-state index contributed by atoms with van der Waals surface area (Å²) in [7, 11) is 0. The largest absolute Gasteiger partial charge is 0.463 e. The normalized spacial score (nSPS) is 10.7. The molecule has 0 aliphatic rings. The maximum Gasteiger partial charge on any atom is 0.302 e. The van der Waals surface area contributed by atoms with Gasteiger partial charge in [-0.15, -0.1) is 11.3 Å². The number of amides is 2. The molecule has 2 amide bonds. The zero-order valence-electron chi connectivity index (χ0n) is 15.4. The molecule has 4 aromatic rings. The molecule has 0 saturated carbocycles. The van der Waals surface area contributed by atoms with Crippen LogP contribution < -0.4 is 16.2 Å². The van der Waals surface area contributed by atoms with Crippen LogP contribution in [-0.2, 0) is 6.54 Å². The molecule has 4 aromatic heterocycles. The average molecular weight is 425 g/mol. The molecule has 0 bridgehead atoms. The molecule has 0 fully saturated rings. The maximum absolute atomic E-state index is 12.2. The number of thiophene rings is 1. The van der Waals surface area contributed by atoms with E-state index in [9.17, 15) is 14.4 Å². The molecular weight excluding hydrogens is 410 g/mol. The summed E-state index contributed by atoms with van der Waals surface area (Å²) in [5, 5.41) is 11.1. The lowest BCUT2D eigenvalue weighted by molar-refractivity contribution is 0.0945. The van der Waals surface area contributed by atoms with E-state index in [4.69, 9.17) is 8.83 Å². The molecule has 0 aliphatic heterocycles. The first kappa shape index (κ1) is 19.3. The van der Waals surface area contributed by atoms with E-state index < -0.39 is 5.91 Å². The third-order valence-corrected chi connectivity index (χ3v) is 4.82. The lowest BCUT2D eigenvalue weighted by Crippen LogP contribution is -2.32. The van der Waals surface area contributed by atoms with Gasteiger partial charge in [-0.2, -0.15) is 10.1 Å². The lowest BCUT2D eigenvalue weighted by Gasteiger charge is -2.06. The molecule has 4 rings (SSSR count). The van der Waals surface area contributed by atoms with Gasteiger partial charge in [-0.3, -0.25) is 19.7 Å². The van der Waals surface area contributed by atoms with Crippen molar-refractivity contribution in [1.82, 2.24) is 20.1 Å². The van der Waals surface area contributed by atoms with Crippen LogP contribution in [0.3, 0.4) is 0 Å². The number of hydrogen-bond acceptors (Lipinski definition) is 8. The van der Waals surface area contributed by atoms with Crippen molar-refractivity contribution in [2.45, 2.75) is 6.54 Å². The van der Waals surface area contributed by atoms with Crippen molar-refractivity contribution in [1.29, 1.82) is 0 Å². The Morgan fingerprint density at radius 2 is 2.00 bits per heavy atom. The predicted octanol–water partition coefficient (Wildman–Crippen LogP) is 2.24. The SMILES string of the molecule is O=C(NCCn1nc(-c2ccco2)ccc1=O)c1coc(NC(=O)c2cccs2)n1. The number of nitrogens with zero attached hydrogens (tertiary/aromatic N) is 3. The van der Waals surface area contributed by atoms with E-state index in [0.29, 0.717) is 16.3 Å². The second-order valence-corrected chi connectivity index (χ2v) is 6.93. The number of rotatable bonds is 7. The molecule has 0 unspecified atom stereocenters. The van der Waals surface area contributed by atoms with Gasteiger partial charge < -0.3 is 14.2 Å². The second-order valence-electron chi connectivity index (χ2n) is 5.98. The van der Waals surface area contributed by atoms with Crippen molar-refractivity contribution in [3.63, 3.8) is 0 Å². The van der Waals surface area contributed by atoms with Crippen molar-refractivity contribution >= 4 is 29.2 Å². The Kier molecular flexibility index (Phi) is 5.52. The summed E-state index contributed by atoms with van der Waals surface area (Å²) >= 11 is 1.27. The molecular formula is C19H15N5O5S.